The predicted molar refractivity (Wildman–Crippen MR) is 99.6 cm³/mol. The molecule has 0 bridgehead atoms. The molecule has 2 N–H and O–H groups in total. The van der Waals surface area contributed by atoms with Gasteiger partial charge < -0.3 is 5.32 Å². The lowest BCUT2D eigenvalue weighted by Crippen LogP contribution is -2.29. The minimum Gasteiger partial charge on any atom is -0.308 e. The summed E-state index contributed by atoms with van der Waals surface area (Å²) >= 11 is 1.10. The van der Waals surface area contributed by atoms with Gasteiger partial charge in [-0.1, -0.05) is 41.7 Å². The number of hydrogen-bond acceptors (Lipinski definition) is 6. The lowest BCUT2D eigenvalue weighted by molar-refractivity contribution is 0.0642. The van der Waals surface area contributed by atoms with E-state index in [0.29, 0.717) is 21.8 Å². The number of amides is 4. The zero-order chi connectivity index (χ0) is 18.8. The summed E-state index contributed by atoms with van der Waals surface area (Å²) in [5, 5.41) is 13.8. The highest BCUT2D eigenvalue weighted by atomic mass is 32.1. The lowest BCUT2D eigenvalue weighted by Gasteiger charge is -2.10. The fourth-order valence-corrected chi connectivity index (χ4v) is 3.39. The molecule has 2 heterocycles. The minimum atomic E-state index is -0.454. The van der Waals surface area contributed by atoms with Gasteiger partial charge in [-0.15, -0.1) is 10.2 Å². The Bertz CT molecular complexity index is 999. The maximum atomic E-state index is 12.4. The number of carbonyl (C=O) groups excluding carboxylic acids is 3. The van der Waals surface area contributed by atoms with E-state index in [4.69, 9.17) is 0 Å². The number of hydrogen-bond donors (Lipinski definition) is 2. The van der Waals surface area contributed by atoms with Gasteiger partial charge in [-0.3, -0.25) is 19.8 Å². The number of para-hydroxylation sites is 1. The Morgan fingerprint density at radius 3 is 2.19 bits per heavy atom. The topological polar surface area (TPSA) is 104 Å². The highest BCUT2D eigenvalue weighted by Crippen LogP contribution is 2.26. The van der Waals surface area contributed by atoms with Crippen LogP contribution in [0.4, 0.5) is 15.6 Å². The van der Waals surface area contributed by atoms with Crippen molar-refractivity contribution in [3.05, 3.63) is 70.7 Å². The number of nitrogens with zero attached hydrogens (tertiary/aromatic N) is 3. The molecule has 2 aromatic carbocycles. The Hall–Kier alpha value is -3.59. The molecule has 8 nitrogen and oxygen atoms in total. The van der Waals surface area contributed by atoms with Crippen molar-refractivity contribution in [2.75, 3.05) is 10.6 Å². The second kappa shape index (κ2) is 6.96. The second-order valence-corrected chi connectivity index (χ2v) is 6.75. The van der Waals surface area contributed by atoms with Crippen LogP contribution >= 0.6 is 11.3 Å². The fraction of sp³-hybridized carbons (Fsp3) is 0.0556. The normalized spacial score (nSPS) is 12.8. The van der Waals surface area contributed by atoms with Crippen molar-refractivity contribution in [1.82, 2.24) is 15.1 Å². The van der Waals surface area contributed by atoms with E-state index >= 15 is 0 Å². The molecule has 0 radical (unpaired) electrons. The molecular formula is C18H13N5O3S. The van der Waals surface area contributed by atoms with Gasteiger partial charge >= 0.3 is 6.03 Å². The Morgan fingerprint density at radius 1 is 0.889 bits per heavy atom. The molecule has 134 valence electrons. The van der Waals surface area contributed by atoms with Crippen LogP contribution in [0.5, 0.6) is 0 Å². The van der Waals surface area contributed by atoms with Gasteiger partial charge in [-0.25, -0.2) is 4.79 Å². The third-order valence-corrected chi connectivity index (χ3v) is 4.71. The zero-order valence-electron chi connectivity index (χ0n) is 13.9. The summed E-state index contributed by atoms with van der Waals surface area (Å²) in [5.74, 6) is -0.718. The van der Waals surface area contributed by atoms with Gasteiger partial charge in [0.05, 0.1) is 17.7 Å². The van der Waals surface area contributed by atoms with Crippen molar-refractivity contribution in [3.63, 3.8) is 0 Å². The quantitative estimate of drug-likeness (QED) is 0.678. The number of fused-ring (bicyclic) bond motifs is 1. The summed E-state index contributed by atoms with van der Waals surface area (Å²) in [6.45, 7) is 0.00595. The highest BCUT2D eigenvalue weighted by Gasteiger charge is 2.35. The third-order valence-electron chi connectivity index (χ3n) is 3.89. The molecule has 0 saturated carbocycles. The molecule has 0 fully saturated rings. The largest absolute Gasteiger partial charge is 0.325 e. The average molecular weight is 379 g/mol. The molecular weight excluding hydrogens is 366 g/mol. The molecule has 0 atom stereocenters. The summed E-state index contributed by atoms with van der Waals surface area (Å²) in [7, 11) is 0. The number of benzene rings is 2. The van der Waals surface area contributed by atoms with Crippen LogP contribution in [0.2, 0.25) is 0 Å². The first kappa shape index (κ1) is 16.9. The fourth-order valence-electron chi connectivity index (χ4n) is 2.67. The van der Waals surface area contributed by atoms with Crippen molar-refractivity contribution in [2.24, 2.45) is 0 Å². The van der Waals surface area contributed by atoms with Crippen LogP contribution in [-0.2, 0) is 6.54 Å². The predicted octanol–water partition coefficient (Wildman–Crippen LogP) is 2.98. The Labute approximate surface area is 157 Å². The van der Waals surface area contributed by atoms with Gasteiger partial charge in [0.2, 0.25) is 5.13 Å². The Kier molecular flexibility index (Phi) is 4.35. The smallest absolute Gasteiger partial charge is 0.308 e. The van der Waals surface area contributed by atoms with Gasteiger partial charge in [-0.05, 0) is 24.3 Å². The maximum Gasteiger partial charge on any atom is 0.325 e. The number of nitrogens with one attached hydrogen (secondary N) is 2. The number of anilines is 2. The van der Waals surface area contributed by atoms with Crippen LogP contribution in [0, 0.1) is 0 Å². The number of urea groups is 1. The number of rotatable bonds is 4. The van der Waals surface area contributed by atoms with Gasteiger partial charge in [0, 0.05) is 5.69 Å². The molecule has 0 unspecified atom stereocenters. The molecule has 0 aliphatic carbocycles. The number of carbonyl (C=O) groups is 3. The van der Waals surface area contributed by atoms with Crippen LogP contribution in [0.25, 0.3) is 0 Å². The van der Waals surface area contributed by atoms with Crippen molar-refractivity contribution in [3.8, 4) is 0 Å². The van der Waals surface area contributed by atoms with Crippen molar-refractivity contribution < 1.29 is 14.4 Å². The first-order valence-electron chi connectivity index (χ1n) is 8.02. The van der Waals surface area contributed by atoms with E-state index < -0.39 is 6.03 Å². The number of imide groups is 1. The van der Waals surface area contributed by atoms with Crippen LogP contribution in [-0.4, -0.2) is 32.9 Å². The first-order chi connectivity index (χ1) is 13.1. The molecule has 4 rings (SSSR count). The molecule has 4 amide bonds. The van der Waals surface area contributed by atoms with Gasteiger partial charge in [-0.2, -0.15) is 0 Å². The molecule has 0 spiro atoms. The Morgan fingerprint density at radius 2 is 1.52 bits per heavy atom. The van der Waals surface area contributed by atoms with E-state index in [1.165, 1.54) is 0 Å². The van der Waals surface area contributed by atoms with Gasteiger partial charge in [0.25, 0.3) is 11.8 Å². The molecule has 27 heavy (non-hydrogen) atoms. The van der Waals surface area contributed by atoms with E-state index in [9.17, 15) is 14.4 Å². The van der Waals surface area contributed by atoms with Crippen molar-refractivity contribution >= 4 is 40.0 Å². The molecule has 1 aliphatic rings. The van der Waals surface area contributed by atoms with Crippen LogP contribution in [0.1, 0.15) is 25.7 Å². The van der Waals surface area contributed by atoms with E-state index in [1.807, 2.05) is 6.07 Å². The summed E-state index contributed by atoms with van der Waals surface area (Å²) in [5.41, 5.74) is 1.41. The summed E-state index contributed by atoms with van der Waals surface area (Å²) < 4.78 is 0. The minimum absolute atomic E-state index is 0.00595. The van der Waals surface area contributed by atoms with E-state index in [2.05, 4.69) is 20.8 Å². The maximum absolute atomic E-state index is 12.4. The third kappa shape index (κ3) is 3.40. The van der Waals surface area contributed by atoms with Gasteiger partial charge in [0.15, 0.2) is 0 Å². The zero-order valence-corrected chi connectivity index (χ0v) is 14.7. The lowest BCUT2D eigenvalue weighted by atomic mass is 10.1. The standard InChI is InChI=1S/C18H13N5O3S/c24-15-12-8-4-5-9-13(12)16(25)23(15)10-14-21-22-18(27-14)20-17(26)19-11-6-2-1-3-7-11/h1-9H,10H2,(H2,19,20,22,26). The van der Waals surface area contributed by atoms with Crippen LogP contribution in [0.3, 0.4) is 0 Å². The van der Waals surface area contributed by atoms with Crippen LogP contribution in [0.15, 0.2) is 54.6 Å². The van der Waals surface area contributed by atoms with Crippen LogP contribution < -0.4 is 10.6 Å². The molecule has 1 aliphatic heterocycles. The summed E-state index contributed by atoms with van der Waals surface area (Å²) in [4.78, 5) is 37.9. The first-order valence-corrected chi connectivity index (χ1v) is 8.84. The van der Waals surface area contributed by atoms with E-state index in [0.717, 1.165) is 16.2 Å². The van der Waals surface area contributed by atoms with Crippen molar-refractivity contribution in [2.45, 2.75) is 6.54 Å². The molecule has 3 aromatic rings. The van der Waals surface area contributed by atoms with Crippen molar-refractivity contribution in [1.29, 1.82) is 0 Å². The van der Waals surface area contributed by atoms with E-state index in [-0.39, 0.29) is 23.5 Å². The van der Waals surface area contributed by atoms with E-state index in [1.54, 1.807) is 48.5 Å². The second-order valence-electron chi connectivity index (χ2n) is 5.69. The van der Waals surface area contributed by atoms with Gasteiger partial charge in [0.1, 0.15) is 5.01 Å². The Balaban J connectivity index is 1.41. The highest BCUT2D eigenvalue weighted by molar-refractivity contribution is 7.15. The molecule has 9 heteroatoms. The molecule has 0 saturated heterocycles. The number of aromatic nitrogens is 2. The SMILES string of the molecule is O=C(Nc1ccccc1)Nc1nnc(CN2C(=O)c3ccccc3C2=O)s1. The summed E-state index contributed by atoms with van der Waals surface area (Å²) in [6, 6.07) is 15.2. The molecule has 1 aromatic heterocycles. The monoisotopic (exact) mass is 379 g/mol. The summed E-state index contributed by atoms with van der Waals surface area (Å²) in [6.07, 6.45) is 0. The average Bonchev–Trinajstić information content (AvgIpc) is 3.21.